The number of rotatable bonds is 4. The van der Waals surface area contributed by atoms with Gasteiger partial charge in [-0.05, 0) is 69.2 Å². The molecule has 1 N–H and O–H groups in total. The molecular formula is C23H33FN2O3. The molecule has 1 aromatic carbocycles. The fourth-order valence-electron chi connectivity index (χ4n) is 4.27. The minimum Gasteiger partial charge on any atom is -0.444 e. The lowest BCUT2D eigenvalue weighted by Gasteiger charge is -2.41. The molecule has 0 saturated carbocycles. The van der Waals surface area contributed by atoms with E-state index in [2.05, 4.69) is 11.0 Å². The summed E-state index contributed by atoms with van der Waals surface area (Å²) < 4.78 is 18.6. The van der Waals surface area contributed by atoms with Gasteiger partial charge in [0.1, 0.15) is 11.4 Å². The number of piperidine rings is 1. The van der Waals surface area contributed by atoms with Crippen LogP contribution in [-0.4, -0.2) is 65.4 Å². The zero-order chi connectivity index (χ0) is 21.0. The molecule has 1 atom stereocenters. The van der Waals surface area contributed by atoms with Gasteiger partial charge in [0.15, 0.2) is 0 Å². The predicted molar refractivity (Wildman–Crippen MR) is 112 cm³/mol. The van der Waals surface area contributed by atoms with Gasteiger partial charge in [0, 0.05) is 32.2 Å². The first-order valence-corrected chi connectivity index (χ1v) is 10.5. The van der Waals surface area contributed by atoms with Crippen LogP contribution in [-0.2, 0) is 4.74 Å². The van der Waals surface area contributed by atoms with Gasteiger partial charge in [0.05, 0.1) is 6.61 Å². The van der Waals surface area contributed by atoms with Crippen LogP contribution in [0.2, 0.25) is 0 Å². The Morgan fingerprint density at radius 1 is 1.21 bits per heavy atom. The molecule has 1 unspecified atom stereocenters. The summed E-state index contributed by atoms with van der Waals surface area (Å²) in [6.07, 6.45) is 4.57. The van der Waals surface area contributed by atoms with Gasteiger partial charge in [0.25, 0.3) is 0 Å². The summed E-state index contributed by atoms with van der Waals surface area (Å²) in [4.78, 5) is 16.4. The number of amides is 1. The summed E-state index contributed by atoms with van der Waals surface area (Å²) >= 11 is 0. The molecule has 0 spiro atoms. The van der Waals surface area contributed by atoms with Crippen LogP contribution in [0.25, 0.3) is 5.57 Å². The number of aliphatic hydroxyl groups excluding tert-OH is 1. The molecule has 0 radical (unpaired) electrons. The van der Waals surface area contributed by atoms with Crippen molar-refractivity contribution in [2.24, 2.45) is 5.92 Å². The van der Waals surface area contributed by atoms with Crippen molar-refractivity contribution in [2.45, 2.75) is 51.7 Å². The number of carbonyl (C=O) groups excluding carboxylic acids is 1. The van der Waals surface area contributed by atoms with E-state index in [1.807, 2.05) is 32.9 Å². The Bertz CT molecular complexity index is 719. The maximum atomic E-state index is 13.1. The Morgan fingerprint density at radius 3 is 2.38 bits per heavy atom. The molecule has 1 amide bonds. The molecule has 0 aliphatic carbocycles. The lowest BCUT2D eigenvalue weighted by molar-refractivity contribution is 0.00882. The molecule has 5 nitrogen and oxygen atoms in total. The number of aliphatic hydroxyl groups is 1. The fourth-order valence-corrected chi connectivity index (χ4v) is 4.27. The fraction of sp³-hybridized carbons (Fsp3) is 0.609. The Labute approximate surface area is 173 Å². The highest BCUT2D eigenvalue weighted by Crippen LogP contribution is 2.29. The van der Waals surface area contributed by atoms with E-state index in [0.29, 0.717) is 19.0 Å². The van der Waals surface area contributed by atoms with E-state index >= 15 is 0 Å². The van der Waals surface area contributed by atoms with Gasteiger partial charge in [-0.2, -0.15) is 0 Å². The highest BCUT2D eigenvalue weighted by atomic mass is 19.1. The largest absolute Gasteiger partial charge is 0.444 e. The summed E-state index contributed by atoms with van der Waals surface area (Å²) in [6.45, 7) is 8.75. The summed E-state index contributed by atoms with van der Waals surface area (Å²) in [7, 11) is 0. The Kier molecular flexibility index (Phi) is 6.96. The number of likely N-dealkylation sites (tertiary alicyclic amines) is 1. The summed E-state index contributed by atoms with van der Waals surface area (Å²) in [6, 6.07) is 6.75. The van der Waals surface area contributed by atoms with E-state index in [0.717, 1.165) is 37.9 Å². The highest BCUT2D eigenvalue weighted by Gasteiger charge is 2.33. The normalized spacial score (nSPS) is 20.3. The van der Waals surface area contributed by atoms with Gasteiger partial charge in [-0.25, -0.2) is 9.18 Å². The molecule has 1 aromatic rings. The van der Waals surface area contributed by atoms with Crippen LogP contribution in [0.3, 0.4) is 0 Å². The molecule has 29 heavy (non-hydrogen) atoms. The average molecular weight is 405 g/mol. The standard InChI is InChI=1S/C23H33FN2O3/c1-23(2,3)29-22(28)26-14-10-19(11-15-26)21(16-27)25-12-8-18(9-13-25)17-4-6-20(24)7-5-17/h4-8,19,21,27H,9-16H2,1-3H3. The molecule has 3 rings (SSSR count). The SMILES string of the molecule is CC(C)(C)OC(=O)N1CCC(C(CO)N2CC=C(c3ccc(F)cc3)CC2)CC1. The van der Waals surface area contributed by atoms with Crippen LogP contribution in [0.4, 0.5) is 9.18 Å². The van der Waals surface area contributed by atoms with Crippen LogP contribution in [0.5, 0.6) is 0 Å². The molecule has 2 aliphatic heterocycles. The van der Waals surface area contributed by atoms with Crippen LogP contribution in [0.15, 0.2) is 30.3 Å². The van der Waals surface area contributed by atoms with Gasteiger partial charge in [-0.1, -0.05) is 18.2 Å². The first-order chi connectivity index (χ1) is 13.8. The molecule has 2 heterocycles. The van der Waals surface area contributed by atoms with Crippen LogP contribution < -0.4 is 0 Å². The molecule has 6 heteroatoms. The van der Waals surface area contributed by atoms with Gasteiger partial charge in [-0.15, -0.1) is 0 Å². The van der Waals surface area contributed by atoms with Crippen LogP contribution in [0, 0.1) is 11.7 Å². The first-order valence-electron chi connectivity index (χ1n) is 10.5. The topological polar surface area (TPSA) is 53.0 Å². The Hall–Kier alpha value is -1.92. The molecule has 1 saturated heterocycles. The molecular weight excluding hydrogens is 371 g/mol. The zero-order valence-electron chi connectivity index (χ0n) is 17.7. The number of hydrogen-bond acceptors (Lipinski definition) is 4. The van der Waals surface area contributed by atoms with Gasteiger partial charge < -0.3 is 14.7 Å². The second kappa shape index (κ2) is 9.26. The smallest absolute Gasteiger partial charge is 0.410 e. The van der Waals surface area contributed by atoms with Gasteiger partial charge >= 0.3 is 6.09 Å². The van der Waals surface area contributed by atoms with E-state index in [4.69, 9.17) is 4.74 Å². The second-order valence-corrected chi connectivity index (χ2v) is 9.04. The maximum Gasteiger partial charge on any atom is 0.410 e. The molecule has 0 aromatic heterocycles. The molecule has 160 valence electrons. The van der Waals surface area contributed by atoms with Crippen molar-refractivity contribution in [1.29, 1.82) is 0 Å². The lowest BCUT2D eigenvalue weighted by atomic mass is 9.87. The number of hydrogen-bond donors (Lipinski definition) is 1. The van der Waals surface area contributed by atoms with Crippen LogP contribution in [0.1, 0.15) is 45.6 Å². The third kappa shape index (κ3) is 5.80. The van der Waals surface area contributed by atoms with Crippen molar-refractivity contribution >= 4 is 11.7 Å². The van der Waals surface area contributed by atoms with Crippen molar-refractivity contribution in [2.75, 3.05) is 32.8 Å². The van der Waals surface area contributed by atoms with Crippen molar-refractivity contribution < 1.29 is 19.0 Å². The van der Waals surface area contributed by atoms with Crippen molar-refractivity contribution in [3.63, 3.8) is 0 Å². The summed E-state index contributed by atoms with van der Waals surface area (Å²) in [5.74, 6) is 0.143. The second-order valence-electron chi connectivity index (χ2n) is 9.04. The monoisotopic (exact) mass is 404 g/mol. The third-order valence-corrected chi connectivity index (χ3v) is 5.85. The number of carbonyl (C=O) groups is 1. The lowest BCUT2D eigenvalue weighted by Crippen LogP contribution is -2.50. The zero-order valence-corrected chi connectivity index (χ0v) is 17.7. The third-order valence-electron chi connectivity index (χ3n) is 5.85. The number of nitrogens with zero attached hydrogens (tertiary/aromatic N) is 2. The van der Waals surface area contributed by atoms with Gasteiger partial charge in [0.2, 0.25) is 0 Å². The van der Waals surface area contributed by atoms with E-state index in [-0.39, 0.29) is 24.6 Å². The summed E-state index contributed by atoms with van der Waals surface area (Å²) in [5, 5.41) is 10.1. The van der Waals surface area contributed by atoms with E-state index in [9.17, 15) is 14.3 Å². The van der Waals surface area contributed by atoms with Gasteiger partial charge in [-0.3, -0.25) is 4.90 Å². The quantitative estimate of drug-likeness (QED) is 0.826. The molecule has 2 aliphatic rings. The first kappa shape index (κ1) is 21.8. The number of halogens is 1. The maximum absolute atomic E-state index is 13.1. The minimum absolute atomic E-state index is 0.0989. The van der Waals surface area contributed by atoms with Crippen molar-refractivity contribution in [1.82, 2.24) is 9.80 Å². The molecule has 1 fully saturated rings. The molecule has 0 bridgehead atoms. The number of ether oxygens (including phenoxy) is 1. The Balaban J connectivity index is 1.55. The van der Waals surface area contributed by atoms with E-state index < -0.39 is 5.60 Å². The van der Waals surface area contributed by atoms with Crippen molar-refractivity contribution in [3.8, 4) is 0 Å². The highest BCUT2D eigenvalue weighted by molar-refractivity contribution is 5.68. The number of benzene rings is 1. The van der Waals surface area contributed by atoms with Crippen LogP contribution >= 0.6 is 0 Å². The predicted octanol–water partition coefficient (Wildman–Crippen LogP) is 3.92. The minimum atomic E-state index is -0.482. The van der Waals surface area contributed by atoms with E-state index in [1.165, 1.54) is 17.7 Å². The average Bonchev–Trinajstić information content (AvgIpc) is 2.69. The summed E-state index contributed by atoms with van der Waals surface area (Å²) in [5.41, 5.74) is 1.82. The van der Waals surface area contributed by atoms with Crippen molar-refractivity contribution in [3.05, 3.63) is 41.7 Å². The Morgan fingerprint density at radius 2 is 1.86 bits per heavy atom. The van der Waals surface area contributed by atoms with E-state index in [1.54, 1.807) is 4.90 Å².